The Hall–Kier alpha value is -1.62. The van der Waals surface area contributed by atoms with Crippen molar-refractivity contribution in [1.82, 2.24) is 9.97 Å². The minimum absolute atomic E-state index is 0.369. The monoisotopic (exact) mass is 249 g/mol. The number of aromatic nitrogens is 2. The van der Waals surface area contributed by atoms with Gasteiger partial charge in [-0.1, -0.05) is 42.1 Å². The lowest BCUT2D eigenvalue weighted by molar-refractivity contribution is 0.580. The molecule has 1 N–H and O–H groups in total. The van der Waals surface area contributed by atoms with E-state index < -0.39 is 0 Å². The van der Waals surface area contributed by atoms with E-state index in [0.29, 0.717) is 16.7 Å². The Morgan fingerprint density at radius 2 is 2.06 bits per heavy atom. The van der Waals surface area contributed by atoms with Crippen molar-refractivity contribution < 1.29 is 4.39 Å². The number of benzene rings is 1. The molecule has 0 aliphatic carbocycles. The zero-order chi connectivity index (χ0) is 12.1. The zero-order valence-corrected chi connectivity index (χ0v) is 10.2. The molecule has 0 bridgehead atoms. The summed E-state index contributed by atoms with van der Waals surface area (Å²) in [6.07, 6.45) is 1.19. The van der Waals surface area contributed by atoms with Gasteiger partial charge in [-0.2, -0.15) is 0 Å². The van der Waals surface area contributed by atoms with Gasteiger partial charge in [0, 0.05) is 12.8 Å². The fourth-order valence-corrected chi connectivity index (χ4v) is 2.14. The molecule has 3 nitrogen and oxygen atoms in total. The standard InChI is InChI=1S/C12H12FN3S/c1-14-12-15-7-10(13)11(16-12)17-8-9-5-3-2-4-6-9/h2-7H,8H2,1H3,(H,14,15,16). The molecule has 0 saturated carbocycles. The van der Waals surface area contributed by atoms with Crippen LogP contribution in [0.5, 0.6) is 0 Å². The molecule has 0 amide bonds. The predicted molar refractivity (Wildman–Crippen MR) is 67.5 cm³/mol. The van der Waals surface area contributed by atoms with Crippen LogP contribution < -0.4 is 5.32 Å². The quantitative estimate of drug-likeness (QED) is 0.668. The summed E-state index contributed by atoms with van der Waals surface area (Å²) in [7, 11) is 1.71. The molecular weight excluding hydrogens is 237 g/mol. The highest BCUT2D eigenvalue weighted by Gasteiger charge is 2.07. The number of hydrogen-bond donors (Lipinski definition) is 1. The van der Waals surface area contributed by atoms with Crippen molar-refractivity contribution in [2.45, 2.75) is 10.8 Å². The molecule has 1 heterocycles. The largest absolute Gasteiger partial charge is 0.357 e. The van der Waals surface area contributed by atoms with Gasteiger partial charge in [-0.15, -0.1) is 0 Å². The number of hydrogen-bond acceptors (Lipinski definition) is 4. The fourth-order valence-electron chi connectivity index (χ4n) is 1.30. The maximum absolute atomic E-state index is 13.4. The third kappa shape index (κ3) is 3.17. The molecule has 0 fully saturated rings. The Balaban J connectivity index is 2.08. The van der Waals surface area contributed by atoms with Crippen molar-refractivity contribution >= 4 is 17.7 Å². The first-order valence-electron chi connectivity index (χ1n) is 5.16. The minimum atomic E-state index is -0.384. The molecule has 0 atom stereocenters. The van der Waals surface area contributed by atoms with E-state index in [9.17, 15) is 4.39 Å². The van der Waals surface area contributed by atoms with Crippen LogP contribution in [0.3, 0.4) is 0 Å². The topological polar surface area (TPSA) is 37.8 Å². The Bertz CT molecular complexity index is 490. The van der Waals surface area contributed by atoms with Gasteiger partial charge in [-0.3, -0.25) is 0 Å². The van der Waals surface area contributed by atoms with Crippen LogP contribution in [0.4, 0.5) is 10.3 Å². The van der Waals surface area contributed by atoms with Crippen LogP contribution in [0, 0.1) is 5.82 Å². The number of thioether (sulfide) groups is 1. The molecular formula is C12H12FN3S. The van der Waals surface area contributed by atoms with Gasteiger partial charge in [0.05, 0.1) is 6.20 Å². The lowest BCUT2D eigenvalue weighted by atomic mass is 10.2. The van der Waals surface area contributed by atoms with Crippen molar-refractivity contribution in [3.63, 3.8) is 0 Å². The summed E-state index contributed by atoms with van der Waals surface area (Å²) >= 11 is 1.36. The van der Waals surface area contributed by atoms with Crippen molar-refractivity contribution in [3.05, 3.63) is 47.9 Å². The van der Waals surface area contributed by atoms with Crippen LogP contribution in [0.25, 0.3) is 0 Å². The molecule has 0 radical (unpaired) electrons. The van der Waals surface area contributed by atoms with Crippen molar-refractivity contribution in [2.24, 2.45) is 0 Å². The first kappa shape index (κ1) is 11.9. The van der Waals surface area contributed by atoms with E-state index in [1.165, 1.54) is 18.0 Å². The van der Waals surface area contributed by atoms with Crippen LogP contribution in [-0.2, 0) is 5.75 Å². The molecule has 2 rings (SSSR count). The smallest absolute Gasteiger partial charge is 0.223 e. The maximum atomic E-state index is 13.4. The fraction of sp³-hybridized carbons (Fsp3) is 0.167. The van der Waals surface area contributed by atoms with Crippen LogP contribution >= 0.6 is 11.8 Å². The summed E-state index contributed by atoms with van der Waals surface area (Å²) in [5.41, 5.74) is 1.14. The van der Waals surface area contributed by atoms with Crippen molar-refractivity contribution in [3.8, 4) is 0 Å². The number of nitrogens with one attached hydrogen (secondary N) is 1. The lowest BCUT2D eigenvalue weighted by Crippen LogP contribution is -1.99. The number of rotatable bonds is 4. The van der Waals surface area contributed by atoms with E-state index in [4.69, 9.17) is 0 Å². The van der Waals surface area contributed by atoms with Crippen LogP contribution in [0.2, 0.25) is 0 Å². The van der Waals surface area contributed by atoms with Gasteiger partial charge in [0.15, 0.2) is 5.82 Å². The van der Waals surface area contributed by atoms with E-state index in [1.54, 1.807) is 7.05 Å². The van der Waals surface area contributed by atoms with Gasteiger partial charge >= 0.3 is 0 Å². The van der Waals surface area contributed by atoms with Gasteiger partial charge in [-0.05, 0) is 5.56 Å². The summed E-state index contributed by atoms with van der Waals surface area (Å²) in [4.78, 5) is 7.87. The number of halogens is 1. The van der Waals surface area contributed by atoms with E-state index in [0.717, 1.165) is 5.56 Å². The first-order valence-corrected chi connectivity index (χ1v) is 6.15. The summed E-state index contributed by atoms with van der Waals surface area (Å²) in [6.45, 7) is 0. The highest BCUT2D eigenvalue weighted by Crippen LogP contribution is 2.23. The molecule has 1 aromatic heterocycles. The highest BCUT2D eigenvalue weighted by atomic mass is 32.2. The Kier molecular flexibility index (Phi) is 3.93. The van der Waals surface area contributed by atoms with Gasteiger partial charge in [0.1, 0.15) is 5.03 Å². The Morgan fingerprint density at radius 3 is 2.76 bits per heavy atom. The van der Waals surface area contributed by atoms with E-state index in [-0.39, 0.29) is 5.82 Å². The first-order chi connectivity index (χ1) is 8.29. The Morgan fingerprint density at radius 1 is 1.29 bits per heavy atom. The molecule has 5 heteroatoms. The third-order valence-corrected chi connectivity index (χ3v) is 3.19. The molecule has 0 unspecified atom stereocenters. The van der Waals surface area contributed by atoms with Crippen molar-refractivity contribution in [2.75, 3.05) is 12.4 Å². The molecule has 2 aromatic rings. The molecule has 0 aliphatic rings. The van der Waals surface area contributed by atoms with E-state index in [1.807, 2.05) is 30.3 Å². The van der Waals surface area contributed by atoms with Crippen molar-refractivity contribution in [1.29, 1.82) is 0 Å². The molecule has 0 spiro atoms. The summed E-state index contributed by atoms with van der Waals surface area (Å²) in [5, 5.41) is 3.16. The molecule has 1 aromatic carbocycles. The minimum Gasteiger partial charge on any atom is -0.357 e. The average Bonchev–Trinajstić information content (AvgIpc) is 2.39. The summed E-state index contributed by atoms with van der Waals surface area (Å²) in [5.74, 6) is 0.740. The third-order valence-electron chi connectivity index (χ3n) is 2.15. The number of nitrogens with zero attached hydrogens (tertiary/aromatic N) is 2. The summed E-state index contributed by atoms with van der Waals surface area (Å²) < 4.78 is 13.4. The van der Waals surface area contributed by atoms with Crippen LogP contribution in [0.1, 0.15) is 5.56 Å². The SMILES string of the molecule is CNc1ncc(F)c(SCc2ccccc2)n1. The van der Waals surface area contributed by atoms with Gasteiger partial charge < -0.3 is 5.32 Å². The van der Waals surface area contributed by atoms with Crippen LogP contribution in [-0.4, -0.2) is 17.0 Å². The average molecular weight is 249 g/mol. The second-order valence-corrected chi connectivity index (χ2v) is 4.34. The number of anilines is 1. The van der Waals surface area contributed by atoms with Crippen LogP contribution in [0.15, 0.2) is 41.6 Å². The molecule has 17 heavy (non-hydrogen) atoms. The predicted octanol–water partition coefficient (Wildman–Crippen LogP) is 2.95. The molecule has 0 saturated heterocycles. The van der Waals surface area contributed by atoms with Gasteiger partial charge in [-0.25, -0.2) is 14.4 Å². The molecule has 88 valence electrons. The van der Waals surface area contributed by atoms with E-state index >= 15 is 0 Å². The van der Waals surface area contributed by atoms with Gasteiger partial charge in [0.25, 0.3) is 0 Å². The maximum Gasteiger partial charge on any atom is 0.223 e. The van der Waals surface area contributed by atoms with Gasteiger partial charge in [0.2, 0.25) is 5.95 Å². The summed E-state index contributed by atoms with van der Waals surface area (Å²) in [6, 6.07) is 9.89. The Labute approximate surface area is 103 Å². The second kappa shape index (κ2) is 5.63. The lowest BCUT2D eigenvalue weighted by Gasteiger charge is -2.04. The highest BCUT2D eigenvalue weighted by molar-refractivity contribution is 7.98. The normalized spacial score (nSPS) is 10.2. The zero-order valence-electron chi connectivity index (χ0n) is 9.35. The van der Waals surface area contributed by atoms with E-state index in [2.05, 4.69) is 15.3 Å². The second-order valence-electron chi connectivity index (χ2n) is 3.37. The molecule has 0 aliphatic heterocycles.